The summed E-state index contributed by atoms with van der Waals surface area (Å²) in [6, 6.07) is 0. The molecule has 1 unspecified atom stereocenters. The summed E-state index contributed by atoms with van der Waals surface area (Å²) >= 11 is 0. The van der Waals surface area contributed by atoms with Gasteiger partial charge in [-0.2, -0.15) is 0 Å². The zero-order valence-corrected chi connectivity index (χ0v) is 21.2. The average Bonchev–Trinajstić information content (AvgIpc) is 3.36. The van der Waals surface area contributed by atoms with Crippen molar-refractivity contribution in [1.29, 1.82) is 0 Å². The minimum Gasteiger partial charge on any atom is -0.355 e. The van der Waals surface area contributed by atoms with Gasteiger partial charge in [0.05, 0.1) is 28.5 Å². The molecule has 0 aliphatic carbocycles. The van der Waals surface area contributed by atoms with Gasteiger partial charge in [0.1, 0.15) is 5.54 Å². The lowest BCUT2D eigenvalue weighted by molar-refractivity contribution is 0.697. The zero-order chi connectivity index (χ0) is 23.8. The average molecular weight is 437 g/mol. The number of allylic oxidation sites excluding steroid dienone is 6. The second-order valence-corrected chi connectivity index (χ2v) is 9.94. The second kappa shape index (κ2) is 7.11. The molecule has 4 nitrogen and oxygen atoms in total. The molecule has 1 N–H and O–H groups in total. The Morgan fingerprint density at radius 2 is 1.12 bits per heavy atom. The highest BCUT2D eigenvalue weighted by atomic mass is 14.9. The normalized spacial score (nSPS) is 29.7. The van der Waals surface area contributed by atoms with Gasteiger partial charge in [0, 0.05) is 10.7 Å². The van der Waals surface area contributed by atoms with Crippen molar-refractivity contribution >= 4 is 29.3 Å². The van der Waals surface area contributed by atoms with E-state index in [1.54, 1.807) is 0 Å². The van der Waals surface area contributed by atoms with Crippen LogP contribution in [0.15, 0.2) is 72.0 Å². The van der Waals surface area contributed by atoms with Crippen LogP contribution < -0.4 is 10.7 Å². The molecule has 4 heteroatoms. The van der Waals surface area contributed by atoms with Crippen molar-refractivity contribution in [3.05, 3.63) is 78.8 Å². The molecule has 0 saturated carbocycles. The molecule has 0 aromatic carbocycles. The van der Waals surface area contributed by atoms with Crippen LogP contribution in [0, 0.1) is 13.8 Å². The molecule has 5 rings (SSSR count). The first kappa shape index (κ1) is 21.6. The number of aromatic nitrogens is 1. The molecule has 0 amide bonds. The minimum atomic E-state index is -0.411. The van der Waals surface area contributed by atoms with E-state index in [-0.39, 0.29) is 0 Å². The number of rotatable bonds is 0. The van der Waals surface area contributed by atoms with Crippen LogP contribution >= 0.6 is 0 Å². The molecular formula is C29H32N4. The molecule has 0 saturated heterocycles. The van der Waals surface area contributed by atoms with Crippen LogP contribution in [0.5, 0.6) is 0 Å². The van der Waals surface area contributed by atoms with Crippen LogP contribution in [0.4, 0.5) is 0 Å². The van der Waals surface area contributed by atoms with Gasteiger partial charge in [-0.25, -0.2) is 9.98 Å². The summed E-state index contributed by atoms with van der Waals surface area (Å²) in [6.07, 6.45) is 8.74. The summed E-state index contributed by atoms with van der Waals surface area (Å²) in [6.45, 7) is 19.5. The molecule has 168 valence electrons. The Kier molecular flexibility index (Phi) is 4.65. The Morgan fingerprint density at radius 3 is 1.76 bits per heavy atom. The minimum absolute atomic E-state index is 0.411. The van der Waals surface area contributed by atoms with Crippen molar-refractivity contribution in [2.45, 2.75) is 67.9 Å². The molecule has 0 spiro atoms. The first-order chi connectivity index (χ1) is 15.5. The van der Waals surface area contributed by atoms with Crippen molar-refractivity contribution in [2.24, 2.45) is 15.0 Å². The van der Waals surface area contributed by atoms with E-state index in [4.69, 9.17) is 15.0 Å². The van der Waals surface area contributed by atoms with Crippen molar-refractivity contribution < 1.29 is 0 Å². The van der Waals surface area contributed by atoms with Crippen LogP contribution in [0.25, 0.3) is 12.2 Å². The summed E-state index contributed by atoms with van der Waals surface area (Å²) in [5.74, 6) is 0. The van der Waals surface area contributed by atoms with Crippen molar-refractivity contribution in [1.82, 2.24) is 4.98 Å². The van der Waals surface area contributed by atoms with E-state index >= 15 is 0 Å². The maximum Gasteiger partial charge on any atom is 0.100 e. The number of H-pyrrole nitrogens is 1. The second-order valence-electron chi connectivity index (χ2n) is 9.94. The lowest BCUT2D eigenvalue weighted by atomic mass is 9.90. The maximum absolute atomic E-state index is 5.20. The van der Waals surface area contributed by atoms with Crippen LogP contribution in [-0.4, -0.2) is 27.7 Å². The number of aromatic amines is 1. The summed E-state index contributed by atoms with van der Waals surface area (Å²) in [7, 11) is 0. The summed E-state index contributed by atoms with van der Waals surface area (Å²) in [4.78, 5) is 18.9. The van der Waals surface area contributed by atoms with E-state index in [0.29, 0.717) is 0 Å². The Labute approximate surface area is 196 Å². The lowest BCUT2D eigenvalue weighted by Crippen LogP contribution is -2.19. The van der Waals surface area contributed by atoms with E-state index in [1.165, 1.54) is 44.6 Å². The van der Waals surface area contributed by atoms with Crippen molar-refractivity contribution in [2.75, 3.05) is 0 Å². The molecule has 33 heavy (non-hydrogen) atoms. The molecule has 1 atom stereocenters. The fourth-order valence-corrected chi connectivity index (χ4v) is 4.89. The Hall–Kier alpha value is -3.27. The van der Waals surface area contributed by atoms with Crippen LogP contribution in [0.1, 0.15) is 59.6 Å². The monoisotopic (exact) mass is 436 g/mol. The van der Waals surface area contributed by atoms with E-state index in [2.05, 4.69) is 91.6 Å². The Balaban J connectivity index is 1.87. The van der Waals surface area contributed by atoms with Gasteiger partial charge < -0.3 is 4.98 Å². The molecule has 8 bridgehead atoms. The highest BCUT2D eigenvalue weighted by Gasteiger charge is 2.33. The highest BCUT2D eigenvalue weighted by Crippen LogP contribution is 2.37. The topological polar surface area (TPSA) is 52.9 Å². The first-order valence-electron chi connectivity index (χ1n) is 11.7. The molecule has 4 aliphatic rings. The van der Waals surface area contributed by atoms with Gasteiger partial charge in [0.2, 0.25) is 0 Å². The van der Waals surface area contributed by atoms with E-state index in [9.17, 15) is 0 Å². The van der Waals surface area contributed by atoms with Gasteiger partial charge in [-0.1, -0.05) is 0 Å². The summed E-state index contributed by atoms with van der Waals surface area (Å²) in [5.41, 5.74) is 14.4. The van der Waals surface area contributed by atoms with E-state index < -0.39 is 5.54 Å². The standard InChI is InChI=1S/C29H32N4/c1-14-15(2)24-11-25-18(5)19(6)28(32-25)13-29(9)21(8)20(7)27(33-29)12-26-17(4)16(3)23(31-26)10-22(14)30-24/h10-13,31H,1-9H3/b23-10-,24-11-,26-12-,28-13-. The van der Waals surface area contributed by atoms with Gasteiger partial charge in [-0.05, 0) is 131 Å². The van der Waals surface area contributed by atoms with Gasteiger partial charge in [0.15, 0.2) is 0 Å². The van der Waals surface area contributed by atoms with Gasteiger partial charge >= 0.3 is 0 Å². The molecular weight excluding hydrogens is 404 g/mol. The number of fused-ring (bicyclic) bond motifs is 5. The van der Waals surface area contributed by atoms with Gasteiger partial charge in [-0.3, -0.25) is 4.99 Å². The SMILES string of the molecule is CC1=C(C)/C2=C/C3=NC(=C\C4(C)N=C(/C=c5\[nH]/c(c(C)c5C)=C\C1=N2)C(C)=C4C)/C(C)=C3C. The van der Waals surface area contributed by atoms with E-state index in [0.717, 1.165) is 39.2 Å². The molecule has 1 aromatic heterocycles. The van der Waals surface area contributed by atoms with Gasteiger partial charge in [-0.15, -0.1) is 0 Å². The fourth-order valence-electron chi connectivity index (χ4n) is 4.89. The molecule has 0 fully saturated rings. The number of aliphatic imine (C=N–C) groups is 3. The third kappa shape index (κ3) is 3.15. The van der Waals surface area contributed by atoms with Crippen molar-refractivity contribution in [3.8, 4) is 0 Å². The molecule has 1 aromatic rings. The van der Waals surface area contributed by atoms with Crippen LogP contribution in [-0.2, 0) is 0 Å². The predicted molar refractivity (Wildman–Crippen MR) is 140 cm³/mol. The van der Waals surface area contributed by atoms with Crippen LogP contribution in [0.3, 0.4) is 0 Å². The van der Waals surface area contributed by atoms with Crippen molar-refractivity contribution in [3.63, 3.8) is 0 Å². The Morgan fingerprint density at radius 1 is 0.606 bits per heavy atom. The quantitative estimate of drug-likeness (QED) is 0.588. The zero-order valence-electron chi connectivity index (χ0n) is 21.2. The van der Waals surface area contributed by atoms with Gasteiger partial charge in [0.25, 0.3) is 0 Å². The lowest BCUT2D eigenvalue weighted by Gasteiger charge is -2.19. The number of hydrogen-bond acceptors (Lipinski definition) is 3. The third-order valence-electron chi connectivity index (χ3n) is 8.10. The fraction of sp³-hybridized carbons (Fsp3) is 0.345. The predicted octanol–water partition coefficient (Wildman–Crippen LogP) is 5.11. The molecule has 4 aliphatic heterocycles. The third-order valence-corrected chi connectivity index (χ3v) is 8.10. The first-order valence-corrected chi connectivity index (χ1v) is 11.7. The van der Waals surface area contributed by atoms with Crippen LogP contribution in [0.2, 0.25) is 0 Å². The maximum atomic E-state index is 5.20. The molecule has 5 heterocycles. The highest BCUT2D eigenvalue weighted by molar-refractivity contribution is 6.24. The molecule has 0 radical (unpaired) electrons. The Bertz CT molecular complexity index is 1520. The summed E-state index contributed by atoms with van der Waals surface area (Å²) < 4.78 is 0. The number of nitrogens with zero attached hydrogens (tertiary/aromatic N) is 3. The smallest absolute Gasteiger partial charge is 0.100 e. The van der Waals surface area contributed by atoms with E-state index in [1.807, 2.05) is 0 Å². The number of hydrogen-bond donors (Lipinski definition) is 1. The summed E-state index contributed by atoms with van der Waals surface area (Å²) in [5, 5.41) is 2.21. The number of nitrogens with one attached hydrogen (secondary N) is 1. The largest absolute Gasteiger partial charge is 0.355 e.